The maximum atomic E-state index is 5.76. The van der Waals surface area contributed by atoms with Gasteiger partial charge in [0.1, 0.15) is 0 Å². The number of aromatic nitrogens is 2. The molecule has 2 rings (SSSR count). The number of nitrogens with zero attached hydrogens (tertiary/aromatic N) is 2. The third-order valence-electron chi connectivity index (χ3n) is 3.94. The predicted molar refractivity (Wildman–Crippen MR) is 77.3 cm³/mol. The van der Waals surface area contributed by atoms with Crippen molar-refractivity contribution in [2.45, 2.75) is 51.7 Å². The maximum Gasteiger partial charge on any atom is 0.0756 e. The largest absolute Gasteiger partial charge is 0.380 e. The topological polar surface area (TPSA) is 39.1 Å². The Hall–Kier alpha value is -0.870. The first-order chi connectivity index (χ1) is 9.15. The lowest BCUT2D eigenvalue weighted by molar-refractivity contribution is 0.0506. The normalized spacial score (nSPS) is 18.5. The molecule has 0 spiro atoms. The number of nitrogens with one attached hydrogen (secondary N) is 1. The SMILES string of the molecule is CCCNC(Cc1cc(C)nn1C)C(OC)C1CC1. The van der Waals surface area contributed by atoms with Gasteiger partial charge >= 0.3 is 0 Å². The Bertz CT molecular complexity index is 398. The number of rotatable bonds is 8. The summed E-state index contributed by atoms with van der Waals surface area (Å²) in [7, 11) is 3.87. The molecule has 1 heterocycles. The summed E-state index contributed by atoms with van der Waals surface area (Å²) in [6.07, 6.45) is 5.11. The minimum Gasteiger partial charge on any atom is -0.380 e. The molecule has 1 aliphatic rings. The molecule has 1 aromatic rings. The summed E-state index contributed by atoms with van der Waals surface area (Å²) in [5.74, 6) is 0.744. The van der Waals surface area contributed by atoms with Crippen LogP contribution in [-0.4, -0.2) is 35.6 Å². The Balaban J connectivity index is 2.05. The van der Waals surface area contributed by atoms with E-state index in [4.69, 9.17) is 4.74 Å². The van der Waals surface area contributed by atoms with Crippen molar-refractivity contribution in [2.75, 3.05) is 13.7 Å². The number of hydrogen-bond acceptors (Lipinski definition) is 3. The standard InChI is InChI=1S/C15H27N3O/c1-5-8-16-14(15(19-4)12-6-7-12)10-13-9-11(2)17-18(13)3/h9,12,14-16H,5-8,10H2,1-4H3. The van der Waals surface area contributed by atoms with Gasteiger partial charge in [-0.3, -0.25) is 4.68 Å². The quantitative estimate of drug-likeness (QED) is 0.782. The smallest absolute Gasteiger partial charge is 0.0756 e. The van der Waals surface area contributed by atoms with Crippen molar-refractivity contribution in [1.82, 2.24) is 15.1 Å². The van der Waals surface area contributed by atoms with Crippen molar-refractivity contribution in [3.8, 4) is 0 Å². The Kier molecular flexibility index (Phi) is 4.99. The van der Waals surface area contributed by atoms with Crippen LogP contribution in [0.1, 0.15) is 37.6 Å². The zero-order chi connectivity index (χ0) is 13.8. The van der Waals surface area contributed by atoms with Crippen LogP contribution in [0.3, 0.4) is 0 Å². The van der Waals surface area contributed by atoms with Crippen molar-refractivity contribution in [1.29, 1.82) is 0 Å². The highest BCUT2D eigenvalue weighted by Crippen LogP contribution is 2.36. The van der Waals surface area contributed by atoms with E-state index in [1.165, 1.54) is 18.5 Å². The van der Waals surface area contributed by atoms with Crippen LogP contribution in [0.5, 0.6) is 0 Å². The molecule has 0 aliphatic heterocycles. The molecule has 1 N–H and O–H groups in total. The molecule has 1 saturated carbocycles. The summed E-state index contributed by atoms with van der Waals surface area (Å²) in [5, 5.41) is 8.10. The Morgan fingerprint density at radius 2 is 2.26 bits per heavy atom. The maximum absolute atomic E-state index is 5.76. The zero-order valence-electron chi connectivity index (χ0n) is 12.6. The predicted octanol–water partition coefficient (Wildman–Crippen LogP) is 2.06. The van der Waals surface area contributed by atoms with Crippen LogP contribution in [0.4, 0.5) is 0 Å². The number of aryl methyl sites for hydroxylation is 2. The second-order valence-electron chi connectivity index (χ2n) is 5.70. The molecule has 2 atom stereocenters. The molecule has 0 saturated heterocycles. The molecule has 2 unspecified atom stereocenters. The van der Waals surface area contributed by atoms with Gasteiger partial charge in [-0.25, -0.2) is 0 Å². The average Bonchev–Trinajstić information content (AvgIpc) is 3.14. The van der Waals surface area contributed by atoms with Gasteiger partial charge in [0.2, 0.25) is 0 Å². The van der Waals surface area contributed by atoms with Crippen LogP contribution in [0.15, 0.2) is 6.07 Å². The van der Waals surface area contributed by atoms with E-state index in [-0.39, 0.29) is 0 Å². The minimum absolute atomic E-state index is 0.335. The van der Waals surface area contributed by atoms with Gasteiger partial charge in [-0.05, 0) is 44.7 Å². The van der Waals surface area contributed by atoms with Crippen molar-refractivity contribution in [2.24, 2.45) is 13.0 Å². The van der Waals surface area contributed by atoms with Gasteiger partial charge in [-0.15, -0.1) is 0 Å². The summed E-state index contributed by atoms with van der Waals surface area (Å²) in [6, 6.07) is 2.58. The van der Waals surface area contributed by atoms with E-state index in [1.807, 2.05) is 25.8 Å². The molecule has 0 amide bonds. The van der Waals surface area contributed by atoms with Gasteiger partial charge in [-0.1, -0.05) is 6.92 Å². The first-order valence-corrected chi connectivity index (χ1v) is 7.41. The average molecular weight is 265 g/mol. The van der Waals surface area contributed by atoms with Crippen LogP contribution in [0, 0.1) is 12.8 Å². The van der Waals surface area contributed by atoms with E-state index in [2.05, 4.69) is 23.4 Å². The molecule has 108 valence electrons. The summed E-state index contributed by atoms with van der Waals surface area (Å²) < 4.78 is 7.76. The lowest BCUT2D eigenvalue weighted by Crippen LogP contribution is -2.44. The summed E-state index contributed by atoms with van der Waals surface area (Å²) in [5.41, 5.74) is 2.38. The van der Waals surface area contributed by atoms with Crippen molar-refractivity contribution in [3.05, 3.63) is 17.5 Å². The van der Waals surface area contributed by atoms with Crippen LogP contribution < -0.4 is 5.32 Å². The molecular formula is C15H27N3O. The summed E-state index contributed by atoms with van der Waals surface area (Å²) in [6.45, 7) is 5.30. The van der Waals surface area contributed by atoms with Crippen molar-refractivity contribution >= 4 is 0 Å². The molecule has 0 bridgehead atoms. The molecule has 1 aliphatic carbocycles. The molecule has 1 aromatic heterocycles. The number of methoxy groups -OCH3 is 1. The Morgan fingerprint density at radius 1 is 1.53 bits per heavy atom. The second-order valence-corrected chi connectivity index (χ2v) is 5.70. The number of ether oxygens (including phenoxy) is 1. The Labute approximate surface area is 116 Å². The first-order valence-electron chi connectivity index (χ1n) is 7.41. The molecule has 4 heteroatoms. The molecule has 1 fully saturated rings. The highest BCUT2D eigenvalue weighted by molar-refractivity contribution is 5.11. The van der Waals surface area contributed by atoms with Crippen LogP contribution in [-0.2, 0) is 18.2 Å². The van der Waals surface area contributed by atoms with E-state index < -0.39 is 0 Å². The van der Waals surface area contributed by atoms with Crippen LogP contribution >= 0.6 is 0 Å². The van der Waals surface area contributed by atoms with Gasteiger partial charge < -0.3 is 10.1 Å². The summed E-state index contributed by atoms with van der Waals surface area (Å²) in [4.78, 5) is 0. The highest BCUT2D eigenvalue weighted by Gasteiger charge is 2.36. The minimum atomic E-state index is 0.335. The van der Waals surface area contributed by atoms with Gasteiger partial charge in [0.05, 0.1) is 11.8 Å². The van der Waals surface area contributed by atoms with Gasteiger partial charge in [0.15, 0.2) is 0 Å². The van der Waals surface area contributed by atoms with Gasteiger partial charge in [-0.2, -0.15) is 5.10 Å². The van der Waals surface area contributed by atoms with Gasteiger partial charge in [0, 0.05) is 32.3 Å². The fourth-order valence-corrected chi connectivity index (χ4v) is 2.82. The van der Waals surface area contributed by atoms with E-state index >= 15 is 0 Å². The highest BCUT2D eigenvalue weighted by atomic mass is 16.5. The lowest BCUT2D eigenvalue weighted by Gasteiger charge is -2.27. The fraction of sp³-hybridized carbons (Fsp3) is 0.800. The van der Waals surface area contributed by atoms with E-state index in [1.54, 1.807) is 0 Å². The lowest BCUT2D eigenvalue weighted by atomic mass is 10.0. The fourth-order valence-electron chi connectivity index (χ4n) is 2.82. The third-order valence-corrected chi connectivity index (χ3v) is 3.94. The van der Waals surface area contributed by atoms with Crippen molar-refractivity contribution in [3.63, 3.8) is 0 Å². The van der Waals surface area contributed by atoms with E-state index in [0.717, 1.165) is 31.0 Å². The van der Waals surface area contributed by atoms with Crippen molar-refractivity contribution < 1.29 is 4.74 Å². The van der Waals surface area contributed by atoms with Crippen LogP contribution in [0.25, 0.3) is 0 Å². The van der Waals surface area contributed by atoms with E-state index in [9.17, 15) is 0 Å². The molecule has 4 nitrogen and oxygen atoms in total. The van der Waals surface area contributed by atoms with Gasteiger partial charge in [0.25, 0.3) is 0 Å². The van der Waals surface area contributed by atoms with E-state index in [0.29, 0.717) is 12.1 Å². The molecule has 0 aromatic carbocycles. The van der Waals surface area contributed by atoms with Crippen LogP contribution in [0.2, 0.25) is 0 Å². The molecule has 19 heavy (non-hydrogen) atoms. The number of hydrogen-bond donors (Lipinski definition) is 1. The molecule has 0 radical (unpaired) electrons. The third kappa shape index (κ3) is 3.80. The second kappa shape index (κ2) is 6.53. The summed E-state index contributed by atoms with van der Waals surface area (Å²) >= 11 is 0. The Morgan fingerprint density at radius 3 is 2.74 bits per heavy atom. The monoisotopic (exact) mass is 265 g/mol. The first kappa shape index (κ1) is 14.5. The zero-order valence-corrected chi connectivity index (χ0v) is 12.6. The molecular weight excluding hydrogens is 238 g/mol.